The predicted molar refractivity (Wildman–Crippen MR) is 389 cm³/mol. The first-order chi connectivity index (χ1) is 43.5. The fourth-order valence-corrected chi connectivity index (χ4v) is 12.5. The van der Waals surface area contributed by atoms with E-state index in [-0.39, 0.29) is 18.5 Å². The topological polar surface area (TPSA) is 95.9 Å². The summed E-state index contributed by atoms with van der Waals surface area (Å²) in [6, 6.07) is -0.629. The molecule has 6 heteroatoms. The number of carbonyl (C=O) groups is 2. The maximum atomic E-state index is 12.6. The van der Waals surface area contributed by atoms with Crippen LogP contribution < -0.4 is 5.32 Å². The molecule has 0 heterocycles. The van der Waals surface area contributed by atoms with Gasteiger partial charge in [-0.1, -0.05) is 383 Å². The zero-order chi connectivity index (χ0) is 63.5. The highest BCUT2D eigenvalue weighted by Gasteiger charge is 2.18. The lowest BCUT2D eigenvalue weighted by atomic mass is 10.0. The van der Waals surface area contributed by atoms with Crippen LogP contribution in [-0.4, -0.2) is 47.4 Å². The largest absolute Gasteiger partial charge is 0.466 e. The van der Waals surface area contributed by atoms with Gasteiger partial charge in [-0.2, -0.15) is 0 Å². The van der Waals surface area contributed by atoms with E-state index in [2.05, 4.69) is 55.6 Å². The van der Waals surface area contributed by atoms with E-state index in [1.807, 2.05) is 6.08 Å². The molecule has 0 radical (unpaired) electrons. The molecule has 2 unspecified atom stereocenters. The molecule has 0 aromatic carbocycles. The van der Waals surface area contributed by atoms with E-state index in [0.29, 0.717) is 19.4 Å². The van der Waals surface area contributed by atoms with Gasteiger partial charge >= 0.3 is 5.97 Å². The van der Waals surface area contributed by atoms with Gasteiger partial charge in [-0.3, -0.25) is 9.59 Å². The number of amides is 1. The minimum absolute atomic E-state index is 0.0130. The highest BCUT2D eigenvalue weighted by Crippen LogP contribution is 2.19. The fourth-order valence-electron chi connectivity index (χ4n) is 12.5. The molecule has 0 saturated heterocycles. The van der Waals surface area contributed by atoms with E-state index in [4.69, 9.17) is 4.74 Å². The van der Waals surface area contributed by atoms with Gasteiger partial charge in [-0.25, -0.2) is 0 Å². The maximum absolute atomic E-state index is 12.6. The van der Waals surface area contributed by atoms with Crippen LogP contribution in [0.5, 0.6) is 0 Å². The number of carbonyl (C=O) groups excluding carboxylic acids is 2. The molecule has 0 rings (SSSR count). The lowest BCUT2D eigenvalue weighted by Crippen LogP contribution is -2.45. The highest BCUT2D eigenvalue weighted by atomic mass is 16.5. The van der Waals surface area contributed by atoms with Crippen LogP contribution in [0.2, 0.25) is 0 Å². The summed E-state index contributed by atoms with van der Waals surface area (Å²) in [5, 5.41) is 23.3. The second kappa shape index (κ2) is 77.3. The molecular weight excluding hydrogens is 1080 g/mol. The number of ether oxygens (including phenoxy) is 1. The number of hydrogen-bond acceptors (Lipinski definition) is 5. The number of esters is 1. The van der Waals surface area contributed by atoms with Crippen molar-refractivity contribution in [2.24, 2.45) is 0 Å². The Hall–Kier alpha value is -2.18. The Morgan fingerprint density at radius 1 is 0.318 bits per heavy atom. The second-order valence-electron chi connectivity index (χ2n) is 27.4. The van der Waals surface area contributed by atoms with Crippen LogP contribution in [0.4, 0.5) is 0 Å². The minimum Gasteiger partial charge on any atom is -0.466 e. The van der Waals surface area contributed by atoms with Crippen molar-refractivity contribution in [3.05, 3.63) is 48.6 Å². The SMILES string of the molecule is CCCCC/C=C\C/C=C\CCCCCCCCCCCC(=O)OCCCCCCCCCCCCCC/C=C\CCCCCCCCCCCCCCCC(=O)NC(CO)C(O)/C=C/CCCCCCCCCCCCCCCCCCCCCCC. The van der Waals surface area contributed by atoms with Gasteiger partial charge in [0.25, 0.3) is 0 Å². The van der Waals surface area contributed by atoms with Gasteiger partial charge in [0.05, 0.1) is 25.4 Å². The van der Waals surface area contributed by atoms with Gasteiger partial charge in [0.1, 0.15) is 0 Å². The Balaban J connectivity index is 3.39. The Morgan fingerprint density at radius 2 is 0.568 bits per heavy atom. The average molecular weight is 1240 g/mol. The van der Waals surface area contributed by atoms with Crippen LogP contribution in [0.3, 0.4) is 0 Å². The average Bonchev–Trinajstić information content (AvgIpc) is 3.58. The summed E-state index contributed by atoms with van der Waals surface area (Å²) in [5.41, 5.74) is 0. The first-order valence-corrected chi connectivity index (χ1v) is 39.9. The third kappa shape index (κ3) is 72.9. The molecule has 0 aromatic heterocycles. The molecule has 0 spiro atoms. The number of unbranched alkanes of at least 4 members (excludes halogenated alkanes) is 58. The fraction of sp³-hybridized carbons (Fsp3) is 0.878. The zero-order valence-electron chi connectivity index (χ0n) is 59.5. The number of aliphatic hydroxyl groups excluding tert-OH is 2. The molecule has 88 heavy (non-hydrogen) atoms. The van der Waals surface area contributed by atoms with Crippen LogP contribution in [0.1, 0.15) is 438 Å². The molecule has 1 amide bonds. The Labute approximate surface area is 550 Å². The number of aliphatic hydroxyl groups is 2. The molecule has 3 N–H and O–H groups in total. The molecule has 518 valence electrons. The Kier molecular flexibility index (Phi) is 75.4. The van der Waals surface area contributed by atoms with Gasteiger partial charge in [-0.05, 0) is 89.9 Å². The Bertz CT molecular complexity index is 1470. The molecule has 0 fully saturated rings. The monoisotopic (exact) mass is 1230 g/mol. The van der Waals surface area contributed by atoms with Crippen LogP contribution in [0, 0.1) is 0 Å². The van der Waals surface area contributed by atoms with Crippen LogP contribution in [-0.2, 0) is 14.3 Å². The summed E-state index contributed by atoms with van der Waals surface area (Å²) >= 11 is 0. The van der Waals surface area contributed by atoms with Gasteiger partial charge in [-0.15, -0.1) is 0 Å². The van der Waals surface area contributed by atoms with Crippen molar-refractivity contribution < 1.29 is 24.5 Å². The van der Waals surface area contributed by atoms with E-state index in [1.54, 1.807) is 6.08 Å². The van der Waals surface area contributed by atoms with E-state index < -0.39 is 12.1 Å². The summed E-state index contributed by atoms with van der Waals surface area (Å²) in [7, 11) is 0. The molecule has 2 atom stereocenters. The third-order valence-electron chi connectivity index (χ3n) is 18.6. The van der Waals surface area contributed by atoms with Crippen molar-refractivity contribution in [3.63, 3.8) is 0 Å². The van der Waals surface area contributed by atoms with Gasteiger partial charge < -0.3 is 20.3 Å². The molecule has 0 saturated carbocycles. The summed E-state index contributed by atoms with van der Waals surface area (Å²) < 4.78 is 5.51. The standard InChI is InChI=1S/C82H155NO5/c1-3-5-7-9-11-13-15-17-19-21-23-24-32-35-39-42-46-50-54-58-62-66-70-74-80(85)79(78-84)83-81(86)75-71-67-63-59-55-51-47-43-40-36-33-30-28-26-25-27-29-31-34-37-41-45-49-53-57-61-65-69-73-77-88-82(87)76-72-68-64-60-56-52-48-44-38-22-20-18-16-14-12-10-8-6-4-2/h12,14,18,20,25,27,70,74,79-80,84-85H,3-11,13,15-17,19,21-24,26,28-69,71-73,75-78H2,1-2H3,(H,83,86)/b14-12-,20-18-,27-25-,74-70+. The van der Waals surface area contributed by atoms with E-state index in [1.165, 1.54) is 360 Å². The maximum Gasteiger partial charge on any atom is 0.305 e. The van der Waals surface area contributed by atoms with E-state index >= 15 is 0 Å². The van der Waals surface area contributed by atoms with Crippen molar-refractivity contribution in [1.82, 2.24) is 5.32 Å². The van der Waals surface area contributed by atoms with Crippen molar-refractivity contribution in [2.45, 2.75) is 450 Å². The second-order valence-corrected chi connectivity index (χ2v) is 27.4. The third-order valence-corrected chi connectivity index (χ3v) is 18.6. The zero-order valence-corrected chi connectivity index (χ0v) is 59.5. The molecular formula is C82H155NO5. The molecule has 0 bridgehead atoms. The summed E-state index contributed by atoms with van der Waals surface area (Å²) in [5.74, 6) is -0.0498. The first-order valence-electron chi connectivity index (χ1n) is 39.9. The molecule has 0 aliphatic carbocycles. The van der Waals surface area contributed by atoms with Crippen LogP contribution >= 0.6 is 0 Å². The molecule has 6 nitrogen and oxygen atoms in total. The quantitative estimate of drug-likeness (QED) is 0.0320. The number of rotatable bonds is 75. The minimum atomic E-state index is -0.846. The van der Waals surface area contributed by atoms with Crippen molar-refractivity contribution in [2.75, 3.05) is 13.2 Å². The number of allylic oxidation sites excluding steroid dienone is 7. The molecule has 0 aliphatic heterocycles. The van der Waals surface area contributed by atoms with Crippen molar-refractivity contribution in [1.29, 1.82) is 0 Å². The Morgan fingerprint density at radius 3 is 0.898 bits per heavy atom. The molecule has 0 aliphatic rings. The predicted octanol–water partition coefficient (Wildman–Crippen LogP) is 26.4. The number of hydrogen-bond donors (Lipinski definition) is 3. The summed E-state index contributed by atoms with van der Waals surface area (Å²) in [6.45, 7) is 4.92. The van der Waals surface area contributed by atoms with Crippen molar-refractivity contribution in [3.8, 4) is 0 Å². The number of nitrogens with one attached hydrogen (secondary N) is 1. The normalized spacial score (nSPS) is 12.7. The smallest absolute Gasteiger partial charge is 0.305 e. The van der Waals surface area contributed by atoms with Gasteiger partial charge in [0, 0.05) is 12.8 Å². The summed E-state index contributed by atoms with van der Waals surface area (Å²) in [4.78, 5) is 24.7. The van der Waals surface area contributed by atoms with Gasteiger partial charge in [0.2, 0.25) is 5.91 Å². The van der Waals surface area contributed by atoms with E-state index in [0.717, 1.165) is 51.4 Å². The lowest BCUT2D eigenvalue weighted by Gasteiger charge is -2.20. The highest BCUT2D eigenvalue weighted by molar-refractivity contribution is 5.76. The summed E-state index contributed by atoms with van der Waals surface area (Å²) in [6.07, 6.45) is 102. The van der Waals surface area contributed by atoms with Crippen LogP contribution in [0.15, 0.2) is 48.6 Å². The van der Waals surface area contributed by atoms with E-state index in [9.17, 15) is 19.8 Å². The van der Waals surface area contributed by atoms with Gasteiger partial charge in [0.15, 0.2) is 0 Å². The van der Waals surface area contributed by atoms with Crippen LogP contribution in [0.25, 0.3) is 0 Å². The molecule has 0 aromatic rings. The van der Waals surface area contributed by atoms with Crippen molar-refractivity contribution >= 4 is 11.9 Å². The lowest BCUT2D eigenvalue weighted by molar-refractivity contribution is -0.143. The first kappa shape index (κ1) is 85.8.